The number of nitrogens with one attached hydrogen (secondary N) is 1. The summed E-state index contributed by atoms with van der Waals surface area (Å²) in [5.74, 6) is 0. The van der Waals surface area contributed by atoms with Gasteiger partial charge in [-0.3, -0.25) is 5.10 Å². The Morgan fingerprint density at radius 1 is 1.12 bits per heavy atom. The summed E-state index contributed by atoms with van der Waals surface area (Å²) in [7, 11) is 0. The van der Waals surface area contributed by atoms with Gasteiger partial charge in [-0.1, -0.05) is 12.1 Å². The first kappa shape index (κ1) is 9.45. The molecule has 0 saturated carbocycles. The van der Waals surface area contributed by atoms with E-state index < -0.39 is 11.7 Å². The topological polar surface area (TPSA) is 28.7 Å². The molecule has 1 heterocycles. The number of alkyl halides is 3. The van der Waals surface area contributed by atoms with Gasteiger partial charge >= 0.3 is 6.18 Å². The van der Waals surface area contributed by atoms with Crippen LogP contribution in [0.25, 0.3) is 11.3 Å². The molecule has 0 fully saturated rings. The van der Waals surface area contributed by atoms with Gasteiger partial charge in [-0.15, -0.1) is 0 Å². The first-order valence-corrected chi connectivity index (χ1v) is 4.79. The summed E-state index contributed by atoms with van der Waals surface area (Å²) in [5.41, 5.74) is 3.05. The van der Waals surface area contributed by atoms with Crippen molar-refractivity contribution in [3.63, 3.8) is 0 Å². The minimum atomic E-state index is -4.28. The molecule has 0 bridgehead atoms. The minimum absolute atomic E-state index is 0.632. The van der Waals surface area contributed by atoms with E-state index in [0.29, 0.717) is 0 Å². The van der Waals surface area contributed by atoms with Crippen LogP contribution < -0.4 is 0 Å². The molecule has 1 aliphatic carbocycles. The SMILES string of the molecule is FC(F)(F)c1ccc(-c2n[nH]c3c2C3)cc1. The molecule has 0 atom stereocenters. The van der Waals surface area contributed by atoms with E-state index in [1.165, 1.54) is 12.1 Å². The summed E-state index contributed by atoms with van der Waals surface area (Å²) in [6, 6.07) is 5.08. The first-order chi connectivity index (χ1) is 7.55. The number of rotatable bonds is 1. The highest BCUT2D eigenvalue weighted by Crippen LogP contribution is 2.36. The lowest BCUT2D eigenvalue weighted by Gasteiger charge is -2.06. The summed E-state index contributed by atoms with van der Waals surface area (Å²) in [6.45, 7) is 0. The lowest BCUT2D eigenvalue weighted by Crippen LogP contribution is -2.04. The van der Waals surface area contributed by atoms with Gasteiger partial charge in [-0.25, -0.2) is 0 Å². The zero-order chi connectivity index (χ0) is 11.3. The standard InChI is InChI=1S/C11H7F3N2/c12-11(13,14)7-3-1-6(2-4-7)10-8-5-9(8)15-16-10/h1-4H,5H2,(H,15,16). The third-order valence-electron chi connectivity index (χ3n) is 2.67. The van der Waals surface area contributed by atoms with E-state index in [2.05, 4.69) is 10.2 Å². The Morgan fingerprint density at radius 2 is 1.81 bits per heavy atom. The van der Waals surface area contributed by atoms with Crippen molar-refractivity contribution in [3.05, 3.63) is 41.1 Å². The number of hydrogen-bond acceptors (Lipinski definition) is 1. The third kappa shape index (κ3) is 1.39. The molecule has 0 amide bonds. The number of hydrogen-bond donors (Lipinski definition) is 1. The van der Waals surface area contributed by atoms with E-state index in [-0.39, 0.29) is 0 Å². The van der Waals surface area contributed by atoms with Crippen molar-refractivity contribution in [1.29, 1.82) is 0 Å². The van der Waals surface area contributed by atoms with Gasteiger partial charge in [0.25, 0.3) is 0 Å². The van der Waals surface area contributed by atoms with Gasteiger partial charge in [-0.05, 0) is 12.1 Å². The normalized spacial score (nSPS) is 13.7. The molecule has 1 N–H and O–H groups in total. The fraction of sp³-hybridized carbons (Fsp3) is 0.182. The second-order valence-electron chi connectivity index (χ2n) is 3.78. The molecule has 1 aliphatic rings. The molecule has 0 aliphatic heterocycles. The van der Waals surface area contributed by atoms with Crippen molar-refractivity contribution in [3.8, 4) is 11.3 Å². The first-order valence-electron chi connectivity index (χ1n) is 4.79. The van der Waals surface area contributed by atoms with E-state index in [0.717, 1.165) is 41.1 Å². The highest BCUT2D eigenvalue weighted by Gasteiger charge is 2.31. The van der Waals surface area contributed by atoms with Gasteiger partial charge in [0.05, 0.1) is 11.3 Å². The third-order valence-corrected chi connectivity index (χ3v) is 2.67. The number of benzene rings is 1. The molecule has 3 rings (SSSR count). The molecule has 2 aromatic rings. The van der Waals surface area contributed by atoms with Gasteiger partial charge in [0.2, 0.25) is 0 Å². The fourth-order valence-electron chi connectivity index (χ4n) is 1.71. The van der Waals surface area contributed by atoms with Crippen molar-refractivity contribution < 1.29 is 13.2 Å². The number of nitrogens with zero attached hydrogens (tertiary/aromatic N) is 1. The van der Waals surface area contributed by atoms with E-state index in [1.807, 2.05) is 0 Å². The van der Waals surface area contributed by atoms with Crippen LogP contribution in [-0.2, 0) is 12.6 Å². The van der Waals surface area contributed by atoms with E-state index >= 15 is 0 Å². The van der Waals surface area contributed by atoms with Crippen LogP contribution in [0, 0.1) is 0 Å². The summed E-state index contributed by atoms with van der Waals surface area (Å²) in [4.78, 5) is 0. The number of aromatic nitrogens is 2. The van der Waals surface area contributed by atoms with E-state index in [1.54, 1.807) is 0 Å². The van der Waals surface area contributed by atoms with Gasteiger partial charge in [0, 0.05) is 23.2 Å². The van der Waals surface area contributed by atoms with Crippen LogP contribution in [0.15, 0.2) is 24.3 Å². The van der Waals surface area contributed by atoms with Crippen molar-refractivity contribution in [2.75, 3.05) is 0 Å². The molecule has 5 heteroatoms. The van der Waals surface area contributed by atoms with Gasteiger partial charge in [-0.2, -0.15) is 18.3 Å². The molecule has 2 nitrogen and oxygen atoms in total. The monoisotopic (exact) mass is 224 g/mol. The zero-order valence-electron chi connectivity index (χ0n) is 8.10. The van der Waals surface area contributed by atoms with Crippen LogP contribution in [0.1, 0.15) is 16.8 Å². The average Bonchev–Trinajstić information content (AvgIpc) is 2.89. The summed E-state index contributed by atoms with van der Waals surface area (Å²) in [5, 5.41) is 6.87. The quantitative estimate of drug-likeness (QED) is 0.676. The largest absolute Gasteiger partial charge is 0.416 e. The second kappa shape index (κ2) is 2.87. The maximum absolute atomic E-state index is 12.3. The number of H-pyrrole nitrogens is 1. The molecule has 0 unspecified atom stereocenters. The van der Waals surface area contributed by atoms with Crippen LogP contribution in [0.3, 0.4) is 0 Å². The second-order valence-corrected chi connectivity index (χ2v) is 3.78. The smallest absolute Gasteiger partial charge is 0.281 e. The molecule has 0 radical (unpaired) electrons. The predicted molar refractivity (Wildman–Crippen MR) is 51.8 cm³/mol. The highest BCUT2D eigenvalue weighted by molar-refractivity contribution is 5.69. The Morgan fingerprint density at radius 3 is 2.25 bits per heavy atom. The van der Waals surface area contributed by atoms with Crippen molar-refractivity contribution >= 4 is 0 Å². The van der Waals surface area contributed by atoms with Crippen LogP contribution in [0.2, 0.25) is 0 Å². The Hall–Kier alpha value is -1.78. The van der Waals surface area contributed by atoms with E-state index in [4.69, 9.17) is 0 Å². The zero-order valence-corrected chi connectivity index (χ0v) is 8.10. The molecule has 1 aromatic heterocycles. The number of fused-ring (bicyclic) bond motifs is 1. The maximum Gasteiger partial charge on any atom is 0.416 e. The predicted octanol–water partition coefficient (Wildman–Crippen LogP) is 3.00. The highest BCUT2D eigenvalue weighted by atomic mass is 19.4. The van der Waals surface area contributed by atoms with Crippen molar-refractivity contribution in [2.24, 2.45) is 0 Å². The summed E-state index contributed by atoms with van der Waals surface area (Å²) in [6.07, 6.45) is -3.40. The Balaban J connectivity index is 1.97. The average molecular weight is 224 g/mol. The molecule has 1 aromatic carbocycles. The molecular formula is C11H7F3N2. The summed E-state index contributed by atoms with van der Waals surface area (Å²) < 4.78 is 37.0. The van der Waals surface area contributed by atoms with Crippen LogP contribution in [-0.4, -0.2) is 10.2 Å². The molecule has 0 spiro atoms. The Kier molecular flexibility index (Phi) is 1.70. The van der Waals surface area contributed by atoms with E-state index in [9.17, 15) is 13.2 Å². The van der Waals surface area contributed by atoms with Gasteiger partial charge < -0.3 is 0 Å². The minimum Gasteiger partial charge on any atom is -0.281 e. The maximum atomic E-state index is 12.3. The molecule has 0 saturated heterocycles. The molecular weight excluding hydrogens is 217 g/mol. The fourth-order valence-corrected chi connectivity index (χ4v) is 1.71. The molecule has 82 valence electrons. The Labute approximate surface area is 89.1 Å². The number of aromatic amines is 1. The Bertz CT molecular complexity index is 537. The lowest BCUT2D eigenvalue weighted by atomic mass is 10.1. The van der Waals surface area contributed by atoms with Crippen LogP contribution >= 0.6 is 0 Å². The van der Waals surface area contributed by atoms with Gasteiger partial charge in [0.15, 0.2) is 0 Å². The van der Waals surface area contributed by atoms with Gasteiger partial charge in [0.1, 0.15) is 0 Å². The van der Waals surface area contributed by atoms with Crippen LogP contribution in [0.5, 0.6) is 0 Å². The number of halogens is 3. The van der Waals surface area contributed by atoms with Crippen LogP contribution in [0.4, 0.5) is 13.2 Å². The molecule has 16 heavy (non-hydrogen) atoms. The van der Waals surface area contributed by atoms with Crippen molar-refractivity contribution in [2.45, 2.75) is 12.6 Å². The summed E-state index contributed by atoms with van der Waals surface area (Å²) >= 11 is 0. The van der Waals surface area contributed by atoms with Crippen molar-refractivity contribution in [1.82, 2.24) is 10.2 Å². The lowest BCUT2D eigenvalue weighted by molar-refractivity contribution is -0.137.